The Hall–Kier alpha value is -2.66. The van der Waals surface area contributed by atoms with Gasteiger partial charge in [-0.15, -0.1) is 11.6 Å². The van der Waals surface area contributed by atoms with Crippen molar-refractivity contribution in [1.82, 2.24) is 4.90 Å². The Kier molecular flexibility index (Phi) is 7.81. The number of carboxylic acids is 1. The van der Waals surface area contributed by atoms with Gasteiger partial charge in [0.2, 0.25) is 0 Å². The summed E-state index contributed by atoms with van der Waals surface area (Å²) in [5, 5.41) is 8.90. The van der Waals surface area contributed by atoms with Crippen molar-refractivity contribution in [2.75, 3.05) is 6.61 Å². The molecule has 4 rings (SSSR count). The second-order valence-corrected chi connectivity index (χ2v) is 9.18. The SMILES string of the molecule is O=C(O)C(Cl)C1(N(Cc2ccccc2)Cc2ccccc2)CC1CCOCc1ccccc1. The van der Waals surface area contributed by atoms with Crippen LogP contribution in [0.4, 0.5) is 0 Å². The molecule has 1 aliphatic carbocycles. The quantitative estimate of drug-likeness (QED) is 0.274. The normalized spacial score (nSPS) is 20.5. The third-order valence-corrected chi connectivity index (χ3v) is 7.08. The van der Waals surface area contributed by atoms with Gasteiger partial charge >= 0.3 is 5.97 Å². The standard InChI is InChI=1S/C28H30ClNO3/c29-26(27(31)32)28(18-25(28)16-17-33-21-24-14-8-3-9-15-24)30(19-22-10-4-1-5-11-22)20-23-12-6-2-7-13-23/h1-15,25-26H,16-21H2,(H,31,32). The van der Waals surface area contributed by atoms with E-state index in [1.807, 2.05) is 66.7 Å². The molecule has 0 amide bonds. The second kappa shape index (κ2) is 11.0. The summed E-state index contributed by atoms with van der Waals surface area (Å²) in [5.74, 6) is -0.796. The molecular weight excluding hydrogens is 434 g/mol. The van der Waals surface area contributed by atoms with Crippen molar-refractivity contribution < 1.29 is 14.6 Å². The lowest BCUT2D eigenvalue weighted by Crippen LogP contribution is -2.48. The van der Waals surface area contributed by atoms with Crippen molar-refractivity contribution in [3.8, 4) is 0 Å². The highest BCUT2D eigenvalue weighted by Crippen LogP contribution is 2.55. The molecule has 33 heavy (non-hydrogen) atoms. The summed E-state index contributed by atoms with van der Waals surface area (Å²) in [7, 11) is 0. The minimum Gasteiger partial charge on any atom is -0.480 e. The molecular formula is C28H30ClNO3. The largest absolute Gasteiger partial charge is 0.480 e. The first-order chi connectivity index (χ1) is 16.1. The van der Waals surface area contributed by atoms with Crippen LogP contribution in [-0.4, -0.2) is 33.5 Å². The number of rotatable bonds is 12. The smallest absolute Gasteiger partial charge is 0.323 e. The van der Waals surface area contributed by atoms with Crippen LogP contribution in [-0.2, 0) is 29.2 Å². The average molecular weight is 464 g/mol. The van der Waals surface area contributed by atoms with Gasteiger partial charge in [-0.3, -0.25) is 9.69 Å². The lowest BCUT2D eigenvalue weighted by Gasteiger charge is -2.35. The van der Waals surface area contributed by atoms with Crippen LogP contribution >= 0.6 is 11.6 Å². The number of carboxylic acid groups (broad SMARTS) is 1. The molecule has 1 saturated carbocycles. The maximum absolute atomic E-state index is 12.1. The maximum atomic E-state index is 12.1. The molecule has 172 valence electrons. The van der Waals surface area contributed by atoms with Gasteiger partial charge < -0.3 is 9.84 Å². The van der Waals surface area contributed by atoms with Gasteiger partial charge in [-0.1, -0.05) is 91.0 Å². The second-order valence-electron chi connectivity index (χ2n) is 8.75. The van der Waals surface area contributed by atoms with Crippen LogP contribution < -0.4 is 0 Å². The molecule has 0 bridgehead atoms. The van der Waals surface area contributed by atoms with Crippen molar-refractivity contribution in [2.45, 2.75) is 43.5 Å². The van der Waals surface area contributed by atoms with Crippen LogP contribution in [0.2, 0.25) is 0 Å². The number of hydrogen-bond acceptors (Lipinski definition) is 3. The summed E-state index contributed by atoms with van der Waals surface area (Å²) < 4.78 is 5.91. The molecule has 3 aromatic rings. The van der Waals surface area contributed by atoms with Gasteiger partial charge in [0, 0.05) is 19.7 Å². The van der Waals surface area contributed by atoms with Crippen LogP contribution in [0, 0.1) is 5.92 Å². The van der Waals surface area contributed by atoms with E-state index < -0.39 is 16.9 Å². The Morgan fingerprint density at radius 1 is 0.909 bits per heavy atom. The van der Waals surface area contributed by atoms with Gasteiger partial charge in [0.1, 0.15) is 5.38 Å². The van der Waals surface area contributed by atoms with Crippen LogP contribution in [0.5, 0.6) is 0 Å². The van der Waals surface area contributed by atoms with Crippen molar-refractivity contribution in [3.63, 3.8) is 0 Å². The van der Waals surface area contributed by atoms with Gasteiger partial charge in [0.05, 0.1) is 12.1 Å². The molecule has 0 aromatic heterocycles. The Labute approximate surface area is 200 Å². The number of aliphatic carboxylic acids is 1. The molecule has 0 aliphatic heterocycles. The van der Waals surface area contributed by atoms with E-state index in [0.29, 0.717) is 26.3 Å². The van der Waals surface area contributed by atoms with E-state index in [4.69, 9.17) is 16.3 Å². The summed E-state index contributed by atoms with van der Waals surface area (Å²) in [6.07, 6.45) is 1.53. The fourth-order valence-electron chi connectivity index (χ4n) is 4.71. The fraction of sp³-hybridized carbons (Fsp3) is 0.321. The molecule has 1 aliphatic rings. The molecule has 0 spiro atoms. The van der Waals surface area contributed by atoms with E-state index in [9.17, 15) is 9.90 Å². The lowest BCUT2D eigenvalue weighted by molar-refractivity contribution is -0.138. The Morgan fingerprint density at radius 3 is 1.88 bits per heavy atom. The minimum absolute atomic E-state index is 0.166. The molecule has 4 nitrogen and oxygen atoms in total. The van der Waals surface area contributed by atoms with Gasteiger partial charge in [-0.25, -0.2) is 0 Å². The minimum atomic E-state index is -0.982. The predicted octanol–water partition coefficient (Wildman–Crippen LogP) is 5.75. The van der Waals surface area contributed by atoms with Crippen LogP contribution in [0.25, 0.3) is 0 Å². The van der Waals surface area contributed by atoms with E-state index in [2.05, 4.69) is 29.2 Å². The average Bonchev–Trinajstić information content (AvgIpc) is 3.58. The first-order valence-electron chi connectivity index (χ1n) is 11.4. The number of ether oxygens (including phenoxy) is 1. The molecule has 0 radical (unpaired) electrons. The van der Waals surface area contributed by atoms with Crippen molar-refractivity contribution in [3.05, 3.63) is 108 Å². The molecule has 3 atom stereocenters. The first-order valence-corrected chi connectivity index (χ1v) is 11.8. The van der Waals surface area contributed by atoms with Gasteiger partial charge in [0.25, 0.3) is 0 Å². The summed E-state index contributed by atoms with van der Waals surface area (Å²) in [5.41, 5.74) is 2.83. The van der Waals surface area contributed by atoms with E-state index in [0.717, 1.165) is 29.5 Å². The van der Waals surface area contributed by atoms with E-state index in [1.54, 1.807) is 0 Å². The monoisotopic (exact) mass is 463 g/mol. The van der Waals surface area contributed by atoms with E-state index in [1.165, 1.54) is 0 Å². The number of alkyl halides is 1. The van der Waals surface area contributed by atoms with Crippen LogP contribution in [0.1, 0.15) is 29.5 Å². The Morgan fingerprint density at radius 2 is 1.39 bits per heavy atom. The topological polar surface area (TPSA) is 49.8 Å². The highest BCUT2D eigenvalue weighted by atomic mass is 35.5. The zero-order valence-corrected chi connectivity index (χ0v) is 19.4. The number of hydrogen-bond donors (Lipinski definition) is 1. The molecule has 3 unspecified atom stereocenters. The maximum Gasteiger partial charge on any atom is 0.323 e. The number of halogens is 1. The zero-order chi connectivity index (χ0) is 23.1. The molecule has 0 heterocycles. The lowest BCUT2D eigenvalue weighted by atomic mass is 10.0. The summed E-state index contributed by atoms with van der Waals surface area (Å²) in [4.78, 5) is 14.3. The first kappa shape index (κ1) is 23.5. The van der Waals surface area contributed by atoms with Crippen LogP contribution in [0.15, 0.2) is 91.0 Å². The van der Waals surface area contributed by atoms with Crippen LogP contribution in [0.3, 0.4) is 0 Å². The van der Waals surface area contributed by atoms with Gasteiger partial charge in [-0.05, 0) is 35.4 Å². The van der Waals surface area contributed by atoms with Crippen molar-refractivity contribution >= 4 is 17.6 Å². The Bertz CT molecular complexity index is 974. The van der Waals surface area contributed by atoms with E-state index in [-0.39, 0.29) is 5.92 Å². The van der Waals surface area contributed by atoms with Crippen molar-refractivity contribution in [2.24, 2.45) is 5.92 Å². The Balaban J connectivity index is 1.50. The predicted molar refractivity (Wildman–Crippen MR) is 131 cm³/mol. The summed E-state index contributed by atoms with van der Waals surface area (Å²) in [6.45, 7) is 2.43. The third-order valence-electron chi connectivity index (χ3n) is 6.52. The highest BCUT2D eigenvalue weighted by molar-refractivity contribution is 6.31. The molecule has 3 aromatic carbocycles. The van der Waals surface area contributed by atoms with Gasteiger partial charge in [-0.2, -0.15) is 0 Å². The number of carbonyl (C=O) groups is 1. The number of benzene rings is 3. The fourth-order valence-corrected chi connectivity index (χ4v) is 5.11. The van der Waals surface area contributed by atoms with Crippen molar-refractivity contribution in [1.29, 1.82) is 0 Å². The molecule has 0 saturated heterocycles. The van der Waals surface area contributed by atoms with Gasteiger partial charge in [0.15, 0.2) is 0 Å². The van der Waals surface area contributed by atoms with E-state index >= 15 is 0 Å². The highest BCUT2D eigenvalue weighted by Gasteiger charge is 2.63. The zero-order valence-electron chi connectivity index (χ0n) is 18.6. The summed E-state index contributed by atoms with van der Waals surface area (Å²) >= 11 is 6.62. The number of nitrogens with zero attached hydrogens (tertiary/aromatic N) is 1. The summed E-state index contributed by atoms with van der Waals surface area (Å²) in [6, 6.07) is 30.4. The molecule has 1 N–H and O–H groups in total. The molecule has 5 heteroatoms. The third kappa shape index (κ3) is 5.83. The molecule has 1 fully saturated rings.